The van der Waals surface area contributed by atoms with Gasteiger partial charge in [-0.25, -0.2) is 0 Å². The van der Waals surface area contributed by atoms with Crippen molar-refractivity contribution >= 4 is 62.1 Å². The number of amides is 2. The number of nitrogens with zero attached hydrogens (tertiary/aromatic N) is 1. The maximum absolute atomic E-state index is 12.6. The Morgan fingerprint density at radius 3 is 2.77 bits per heavy atom. The van der Waals surface area contributed by atoms with Gasteiger partial charge in [-0.15, -0.1) is 0 Å². The minimum Gasteiger partial charge on any atom is -0.496 e. The predicted molar refractivity (Wildman–Crippen MR) is 110 cm³/mol. The van der Waals surface area contributed by atoms with Crippen LogP contribution in [0.5, 0.6) is 5.75 Å². The molecule has 0 aliphatic carbocycles. The minimum atomic E-state index is -0.470. The largest absolute Gasteiger partial charge is 0.496 e. The molecule has 0 unspecified atom stereocenters. The van der Waals surface area contributed by atoms with Gasteiger partial charge in [-0.1, -0.05) is 52.0 Å². The average Bonchev–Trinajstić information content (AvgIpc) is 2.89. The van der Waals surface area contributed by atoms with Gasteiger partial charge in [0.15, 0.2) is 4.32 Å². The SMILES string of the molecule is COc1ccccc1C(=O)NN1C(=O)C(=Cc2cccc(Br)c2)SC1=S. The maximum atomic E-state index is 12.6. The van der Waals surface area contributed by atoms with Crippen LogP contribution in [0.4, 0.5) is 0 Å². The number of benzene rings is 2. The predicted octanol–water partition coefficient (Wildman–Crippen LogP) is 4.00. The van der Waals surface area contributed by atoms with Crippen LogP contribution in [0.1, 0.15) is 15.9 Å². The molecule has 2 aromatic rings. The Morgan fingerprint density at radius 2 is 2.04 bits per heavy atom. The van der Waals surface area contributed by atoms with E-state index in [9.17, 15) is 9.59 Å². The number of carbonyl (C=O) groups is 2. The van der Waals surface area contributed by atoms with E-state index in [2.05, 4.69) is 21.4 Å². The van der Waals surface area contributed by atoms with Crippen LogP contribution < -0.4 is 10.2 Å². The highest BCUT2D eigenvalue weighted by atomic mass is 79.9. The van der Waals surface area contributed by atoms with Crippen LogP contribution in [-0.4, -0.2) is 28.3 Å². The lowest BCUT2D eigenvalue weighted by Crippen LogP contribution is -2.44. The molecule has 3 rings (SSSR count). The van der Waals surface area contributed by atoms with E-state index in [-0.39, 0.29) is 10.2 Å². The minimum absolute atomic E-state index is 0.263. The van der Waals surface area contributed by atoms with Crippen molar-refractivity contribution in [2.75, 3.05) is 7.11 Å². The number of hydrazine groups is 1. The molecule has 26 heavy (non-hydrogen) atoms. The number of ether oxygens (including phenoxy) is 1. The van der Waals surface area contributed by atoms with Crippen molar-refractivity contribution in [2.24, 2.45) is 0 Å². The number of hydrogen-bond acceptors (Lipinski definition) is 5. The van der Waals surface area contributed by atoms with Gasteiger partial charge in [-0.2, -0.15) is 5.01 Å². The molecule has 1 heterocycles. The topological polar surface area (TPSA) is 58.6 Å². The Labute approximate surface area is 168 Å². The maximum Gasteiger partial charge on any atom is 0.285 e. The summed E-state index contributed by atoms with van der Waals surface area (Å²) in [6.07, 6.45) is 1.74. The second kappa shape index (κ2) is 8.03. The van der Waals surface area contributed by atoms with E-state index in [1.807, 2.05) is 24.3 Å². The lowest BCUT2D eigenvalue weighted by atomic mass is 10.2. The van der Waals surface area contributed by atoms with Crippen molar-refractivity contribution in [2.45, 2.75) is 0 Å². The summed E-state index contributed by atoms with van der Waals surface area (Å²) in [6.45, 7) is 0. The molecule has 0 saturated carbocycles. The van der Waals surface area contributed by atoms with Gasteiger partial charge in [0, 0.05) is 4.47 Å². The molecule has 1 N–H and O–H groups in total. The fourth-order valence-electron chi connectivity index (χ4n) is 2.31. The van der Waals surface area contributed by atoms with Crippen LogP contribution in [0.25, 0.3) is 6.08 Å². The lowest BCUT2D eigenvalue weighted by Gasteiger charge is -2.16. The molecule has 1 aliphatic heterocycles. The van der Waals surface area contributed by atoms with Gasteiger partial charge >= 0.3 is 0 Å². The fourth-order valence-corrected chi connectivity index (χ4v) is 3.90. The molecule has 1 aliphatic rings. The molecular formula is C18H13BrN2O3S2. The highest BCUT2D eigenvalue weighted by Gasteiger charge is 2.34. The summed E-state index contributed by atoms with van der Waals surface area (Å²) in [6, 6.07) is 14.3. The van der Waals surface area contributed by atoms with Crippen LogP contribution in [0.2, 0.25) is 0 Å². The average molecular weight is 449 g/mol. The molecule has 0 bridgehead atoms. The molecule has 132 valence electrons. The number of thioether (sulfide) groups is 1. The molecule has 0 spiro atoms. The molecule has 0 radical (unpaired) electrons. The zero-order valence-corrected chi connectivity index (χ0v) is 16.8. The summed E-state index contributed by atoms with van der Waals surface area (Å²) < 4.78 is 6.35. The molecule has 5 nitrogen and oxygen atoms in total. The first-order chi connectivity index (χ1) is 12.5. The molecular weight excluding hydrogens is 436 g/mol. The van der Waals surface area contributed by atoms with Crippen LogP contribution >= 0.6 is 39.9 Å². The Morgan fingerprint density at radius 1 is 1.27 bits per heavy atom. The molecule has 2 aromatic carbocycles. The molecule has 0 aromatic heterocycles. The quantitative estimate of drug-likeness (QED) is 0.565. The zero-order chi connectivity index (χ0) is 18.7. The molecule has 2 amide bonds. The number of carbonyl (C=O) groups excluding carboxylic acids is 2. The normalized spacial score (nSPS) is 15.5. The van der Waals surface area contributed by atoms with E-state index in [4.69, 9.17) is 17.0 Å². The van der Waals surface area contributed by atoms with E-state index in [0.717, 1.165) is 26.8 Å². The van der Waals surface area contributed by atoms with Crippen LogP contribution in [-0.2, 0) is 4.79 Å². The van der Waals surface area contributed by atoms with Crippen molar-refractivity contribution in [1.82, 2.24) is 10.4 Å². The first kappa shape index (κ1) is 18.6. The third kappa shape index (κ3) is 3.98. The highest BCUT2D eigenvalue weighted by Crippen LogP contribution is 2.32. The molecule has 8 heteroatoms. The first-order valence-electron chi connectivity index (χ1n) is 7.47. The Balaban J connectivity index is 1.80. The first-order valence-corrected chi connectivity index (χ1v) is 9.49. The number of methoxy groups -OCH3 is 1. The smallest absolute Gasteiger partial charge is 0.285 e. The highest BCUT2D eigenvalue weighted by molar-refractivity contribution is 9.10. The van der Waals surface area contributed by atoms with Gasteiger partial charge in [-0.05, 0) is 48.1 Å². The fraction of sp³-hybridized carbons (Fsp3) is 0.0556. The third-order valence-corrected chi connectivity index (χ3v) is 5.30. The zero-order valence-electron chi connectivity index (χ0n) is 13.6. The molecule has 1 fully saturated rings. The van der Waals surface area contributed by atoms with E-state index in [1.54, 1.807) is 30.3 Å². The van der Waals surface area contributed by atoms with Crippen molar-refractivity contribution in [3.05, 3.63) is 69.0 Å². The summed E-state index contributed by atoms with van der Waals surface area (Å²) in [5.74, 6) is -0.425. The summed E-state index contributed by atoms with van der Waals surface area (Å²) in [7, 11) is 1.48. The standard InChI is InChI=1S/C18H13BrN2O3S2/c1-24-14-8-3-2-7-13(14)16(22)20-21-17(23)15(26-18(21)25)10-11-5-4-6-12(19)9-11/h2-10H,1H3,(H,20,22). The van der Waals surface area contributed by atoms with Crippen LogP contribution in [0, 0.1) is 0 Å². The number of nitrogens with one attached hydrogen (secondary N) is 1. The summed E-state index contributed by atoms with van der Waals surface area (Å²) in [5.41, 5.74) is 3.73. The van der Waals surface area contributed by atoms with Crippen LogP contribution in [0.15, 0.2) is 57.9 Å². The summed E-state index contributed by atoms with van der Waals surface area (Å²) in [5, 5.41) is 1.08. The van der Waals surface area contributed by atoms with E-state index in [1.165, 1.54) is 7.11 Å². The van der Waals surface area contributed by atoms with Gasteiger partial charge in [0.1, 0.15) is 5.75 Å². The Hall–Kier alpha value is -2.16. The second-order valence-corrected chi connectivity index (χ2v) is 7.80. The van der Waals surface area contributed by atoms with Crippen molar-refractivity contribution in [3.63, 3.8) is 0 Å². The van der Waals surface area contributed by atoms with E-state index >= 15 is 0 Å². The van der Waals surface area contributed by atoms with E-state index < -0.39 is 5.91 Å². The van der Waals surface area contributed by atoms with Crippen molar-refractivity contribution in [1.29, 1.82) is 0 Å². The van der Waals surface area contributed by atoms with Gasteiger partial charge in [0.25, 0.3) is 11.8 Å². The third-order valence-electron chi connectivity index (χ3n) is 3.51. The van der Waals surface area contributed by atoms with Crippen LogP contribution in [0.3, 0.4) is 0 Å². The molecule has 0 atom stereocenters. The van der Waals surface area contributed by atoms with Gasteiger partial charge in [-0.3, -0.25) is 15.0 Å². The van der Waals surface area contributed by atoms with Crippen molar-refractivity contribution in [3.8, 4) is 5.75 Å². The Kier molecular flexibility index (Phi) is 5.75. The number of halogens is 1. The summed E-state index contributed by atoms with van der Waals surface area (Å²) >= 11 is 9.77. The second-order valence-electron chi connectivity index (χ2n) is 5.21. The monoisotopic (exact) mass is 448 g/mol. The number of hydrogen-bond donors (Lipinski definition) is 1. The van der Waals surface area contributed by atoms with Crippen molar-refractivity contribution < 1.29 is 14.3 Å². The van der Waals surface area contributed by atoms with Gasteiger partial charge < -0.3 is 4.74 Å². The molecule has 1 saturated heterocycles. The van der Waals surface area contributed by atoms with E-state index in [0.29, 0.717) is 16.2 Å². The van der Waals surface area contributed by atoms with Gasteiger partial charge in [0.2, 0.25) is 0 Å². The summed E-state index contributed by atoms with van der Waals surface area (Å²) in [4.78, 5) is 25.6. The number of para-hydroxylation sites is 1. The lowest BCUT2D eigenvalue weighted by molar-refractivity contribution is -0.123. The number of rotatable bonds is 4. The Bertz CT molecular complexity index is 930. The number of thiocarbonyl (C=S) groups is 1. The van der Waals surface area contributed by atoms with Gasteiger partial charge in [0.05, 0.1) is 17.6 Å².